The van der Waals surface area contributed by atoms with E-state index in [0.717, 1.165) is 4.47 Å². The molecule has 1 aromatic heterocycles. The van der Waals surface area contributed by atoms with Crippen molar-refractivity contribution < 1.29 is 9.15 Å². The first-order valence-corrected chi connectivity index (χ1v) is 4.47. The first-order chi connectivity index (χ1) is 6.36. The van der Waals surface area contributed by atoms with E-state index in [1.54, 1.807) is 0 Å². The van der Waals surface area contributed by atoms with Crippen molar-refractivity contribution in [2.45, 2.75) is 0 Å². The summed E-state index contributed by atoms with van der Waals surface area (Å²) in [4.78, 5) is 3.84. The lowest BCUT2D eigenvalue weighted by molar-refractivity contribution is 0.329. The maximum Gasteiger partial charge on any atom is 0.399 e. The summed E-state index contributed by atoms with van der Waals surface area (Å²) in [6.07, 6.45) is 3.24. The minimum Gasteiger partial charge on any atom is -0.417 e. The molecule has 4 heteroatoms. The van der Waals surface area contributed by atoms with Gasteiger partial charge in [0.15, 0.2) is 0 Å². The van der Waals surface area contributed by atoms with Crippen LogP contribution in [0.2, 0.25) is 0 Å². The molecule has 0 bridgehead atoms. The van der Waals surface area contributed by atoms with Gasteiger partial charge in [-0.15, -0.1) is 0 Å². The summed E-state index contributed by atoms with van der Waals surface area (Å²) in [5.41, 5.74) is 0. The zero-order valence-corrected chi connectivity index (χ0v) is 8.19. The van der Waals surface area contributed by atoms with Crippen LogP contribution in [0.3, 0.4) is 0 Å². The highest BCUT2D eigenvalue weighted by atomic mass is 79.9. The van der Waals surface area contributed by atoms with Crippen molar-refractivity contribution in [1.29, 1.82) is 0 Å². The highest BCUT2D eigenvalue weighted by molar-refractivity contribution is 9.10. The molecule has 0 aliphatic heterocycles. The quantitative estimate of drug-likeness (QED) is 0.808. The van der Waals surface area contributed by atoms with E-state index in [4.69, 9.17) is 9.15 Å². The van der Waals surface area contributed by atoms with Gasteiger partial charge in [0.25, 0.3) is 0 Å². The number of nitrogens with zero attached hydrogens (tertiary/aromatic N) is 1. The van der Waals surface area contributed by atoms with Gasteiger partial charge in [-0.25, -0.2) is 0 Å². The van der Waals surface area contributed by atoms with Crippen LogP contribution in [0.25, 0.3) is 0 Å². The fourth-order valence-corrected chi connectivity index (χ4v) is 1.25. The highest BCUT2D eigenvalue weighted by Gasteiger charge is 2.03. The second kappa shape index (κ2) is 3.62. The van der Waals surface area contributed by atoms with Crippen molar-refractivity contribution >= 4 is 15.9 Å². The van der Waals surface area contributed by atoms with E-state index in [0.29, 0.717) is 5.75 Å². The number of aromatic nitrogens is 1. The Labute approximate surface area is 83.5 Å². The van der Waals surface area contributed by atoms with Crippen LogP contribution in [0.15, 0.2) is 45.6 Å². The molecule has 0 aliphatic rings. The third-order valence-electron chi connectivity index (χ3n) is 1.44. The van der Waals surface area contributed by atoms with E-state index in [9.17, 15) is 0 Å². The van der Waals surface area contributed by atoms with Crippen LogP contribution in [0, 0.1) is 0 Å². The molecule has 0 aliphatic carbocycles. The number of para-hydroxylation sites is 1. The Kier molecular flexibility index (Phi) is 2.31. The molecule has 1 heterocycles. The smallest absolute Gasteiger partial charge is 0.399 e. The Balaban J connectivity index is 2.24. The zero-order chi connectivity index (χ0) is 9.10. The van der Waals surface area contributed by atoms with Crippen molar-refractivity contribution in [3.05, 3.63) is 41.2 Å². The van der Waals surface area contributed by atoms with Crippen molar-refractivity contribution in [2.75, 3.05) is 0 Å². The predicted octanol–water partition coefficient (Wildman–Crippen LogP) is 3.23. The molecular weight excluding hydrogens is 234 g/mol. The molecule has 0 unspecified atom stereocenters. The molecule has 0 fully saturated rings. The highest BCUT2D eigenvalue weighted by Crippen LogP contribution is 2.27. The second-order valence-electron chi connectivity index (χ2n) is 2.33. The van der Waals surface area contributed by atoms with Crippen LogP contribution < -0.4 is 4.74 Å². The lowest BCUT2D eigenvalue weighted by Crippen LogP contribution is -1.83. The number of oxazole rings is 1. The van der Waals surface area contributed by atoms with Gasteiger partial charge in [-0.2, -0.15) is 4.98 Å². The van der Waals surface area contributed by atoms with Crippen molar-refractivity contribution in [2.24, 2.45) is 0 Å². The van der Waals surface area contributed by atoms with E-state index in [-0.39, 0.29) is 6.08 Å². The minimum absolute atomic E-state index is 0.243. The average Bonchev–Trinajstić information content (AvgIpc) is 2.61. The summed E-state index contributed by atoms with van der Waals surface area (Å²) >= 11 is 3.35. The summed E-state index contributed by atoms with van der Waals surface area (Å²) in [6.45, 7) is 0. The summed E-state index contributed by atoms with van der Waals surface area (Å²) in [5.74, 6) is 0.685. The minimum atomic E-state index is 0.243. The molecule has 0 atom stereocenters. The molecule has 0 radical (unpaired) electrons. The fourth-order valence-electron chi connectivity index (χ4n) is 0.882. The van der Waals surface area contributed by atoms with Gasteiger partial charge in [0.05, 0.1) is 10.7 Å². The van der Waals surface area contributed by atoms with Gasteiger partial charge in [-0.3, -0.25) is 0 Å². The van der Waals surface area contributed by atoms with E-state index < -0.39 is 0 Å². The number of ether oxygens (including phenoxy) is 1. The van der Waals surface area contributed by atoms with Gasteiger partial charge in [-0.1, -0.05) is 12.1 Å². The normalized spacial score (nSPS) is 9.92. The van der Waals surface area contributed by atoms with E-state index >= 15 is 0 Å². The topological polar surface area (TPSA) is 35.3 Å². The van der Waals surface area contributed by atoms with E-state index in [1.165, 1.54) is 12.5 Å². The van der Waals surface area contributed by atoms with Gasteiger partial charge < -0.3 is 9.15 Å². The van der Waals surface area contributed by atoms with Gasteiger partial charge in [0, 0.05) is 0 Å². The van der Waals surface area contributed by atoms with Crippen LogP contribution in [0.1, 0.15) is 0 Å². The molecule has 1 aromatic carbocycles. The van der Waals surface area contributed by atoms with E-state index in [2.05, 4.69) is 20.9 Å². The Morgan fingerprint density at radius 2 is 2.15 bits per heavy atom. The summed E-state index contributed by atoms with van der Waals surface area (Å²) in [5, 5.41) is 0. The van der Waals surface area contributed by atoms with Gasteiger partial charge in [0.1, 0.15) is 12.0 Å². The van der Waals surface area contributed by atoms with Crippen molar-refractivity contribution in [1.82, 2.24) is 4.98 Å². The van der Waals surface area contributed by atoms with Crippen LogP contribution in [0.4, 0.5) is 0 Å². The van der Waals surface area contributed by atoms with Crippen LogP contribution in [-0.4, -0.2) is 4.98 Å². The summed E-state index contributed by atoms with van der Waals surface area (Å²) in [7, 11) is 0. The molecular formula is C9H6BrNO2. The standard InChI is InChI=1S/C9H6BrNO2/c10-7-3-1-2-4-8(7)13-9-11-5-6-12-9/h1-6H. The lowest BCUT2D eigenvalue weighted by atomic mass is 10.3. The van der Waals surface area contributed by atoms with Gasteiger partial charge in [-0.05, 0) is 28.1 Å². The molecule has 2 rings (SSSR count). The molecule has 2 aromatic rings. The van der Waals surface area contributed by atoms with Crippen LogP contribution >= 0.6 is 15.9 Å². The number of halogens is 1. The number of rotatable bonds is 2. The van der Waals surface area contributed by atoms with Crippen LogP contribution in [-0.2, 0) is 0 Å². The Bertz CT molecular complexity index is 386. The molecule has 66 valence electrons. The van der Waals surface area contributed by atoms with Gasteiger partial charge >= 0.3 is 6.08 Å². The van der Waals surface area contributed by atoms with Crippen molar-refractivity contribution in [3.63, 3.8) is 0 Å². The summed E-state index contributed by atoms with van der Waals surface area (Å²) < 4.78 is 11.1. The molecule has 13 heavy (non-hydrogen) atoms. The number of hydrogen-bond acceptors (Lipinski definition) is 3. The number of benzene rings is 1. The molecule has 0 spiro atoms. The molecule has 0 amide bonds. The monoisotopic (exact) mass is 239 g/mol. The average molecular weight is 240 g/mol. The third kappa shape index (κ3) is 1.89. The van der Waals surface area contributed by atoms with Gasteiger partial charge in [0.2, 0.25) is 0 Å². The fraction of sp³-hybridized carbons (Fsp3) is 0. The summed E-state index contributed by atoms with van der Waals surface area (Å²) in [6, 6.07) is 7.50. The third-order valence-corrected chi connectivity index (χ3v) is 2.10. The first kappa shape index (κ1) is 8.31. The predicted molar refractivity (Wildman–Crippen MR) is 50.7 cm³/mol. The maximum atomic E-state index is 5.32. The molecule has 3 nitrogen and oxygen atoms in total. The first-order valence-electron chi connectivity index (χ1n) is 3.68. The maximum absolute atomic E-state index is 5.32. The SMILES string of the molecule is Brc1ccccc1Oc1ncco1. The molecule has 0 N–H and O–H groups in total. The Morgan fingerprint density at radius 3 is 2.85 bits per heavy atom. The lowest BCUT2D eigenvalue weighted by Gasteiger charge is -2.01. The van der Waals surface area contributed by atoms with Crippen LogP contribution in [0.5, 0.6) is 11.8 Å². The van der Waals surface area contributed by atoms with Crippen molar-refractivity contribution in [3.8, 4) is 11.8 Å². The molecule has 0 saturated carbocycles. The largest absolute Gasteiger partial charge is 0.417 e. The number of hydrogen-bond donors (Lipinski definition) is 0. The Morgan fingerprint density at radius 1 is 1.31 bits per heavy atom. The molecule has 0 saturated heterocycles. The Hall–Kier alpha value is -1.29. The van der Waals surface area contributed by atoms with E-state index in [1.807, 2.05) is 24.3 Å². The zero-order valence-electron chi connectivity index (χ0n) is 6.61. The second-order valence-corrected chi connectivity index (χ2v) is 3.18.